The molecule has 0 saturated carbocycles. The number of para-hydroxylation sites is 2. The first-order valence-corrected chi connectivity index (χ1v) is 12.8. The predicted molar refractivity (Wildman–Crippen MR) is 129 cm³/mol. The molecule has 184 valence electrons. The minimum absolute atomic E-state index is 0.0174. The lowest BCUT2D eigenvalue weighted by atomic mass is 9.91. The number of nitrogens with zero attached hydrogens (tertiary/aromatic N) is 1. The first kappa shape index (κ1) is 24.8. The van der Waals surface area contributed by atoms with Crippen LogP contribution in [0, 0.1) is 5.92 Å². The maximum atomic E-state index is 13.3. The third-order valence-electron chi connectivity index (χ3n) is 6.03. The van der Waals surface area contributed by atoms with E-state index in [1.807, 2.05) is 18.2 Å². The van der Waals surface area contributed by atoms with Gasteiger partial charge in [-0.1, -0.05) is 48.5 Å². The Balaban J connectivity index is 1.43. The van der Waals surface area contributed by atoms with Crippen LogP contribution >= 0.6 is 0 Å². The van der Waals surface area contributed by atoms with E-state index in [2.05, 4.69) is 22.2 Å². The Hall–Kier alpha value is -3.30. The standard InChI is InChI=1S/C26H26F2N2O4S/c27-26(28)34-24-12-5-4-11-23(24)29-25(31)21-9-6-10-22(18-21)35(32,33)30-15-13-20(14-16-30)17-19-7-2-1-3-8-19/h1-12,18,20,26H,13-17H2,(H,29,31). The van der Waals surface area contributed by atoms with Gasteiger partial charge in [0.2, 0.25) is 10.0 Å². The van der Waals surface area contributed by atoms with Crippen molar-refractivity contribution in [3.05, 3.63) is 90.0 Å². The second kappa shape index (κ2) is 11.0. The Bertz CT molecular complexity index is 1260. The summed E-state index contributed by atoms with van der Waals surface area (Å²) >= 11 is 0. The minimum Gasteiger partial charge on any atom is -0.433 e. The molecule has 6 nitrogen and oxygen atoms in total. The molecule has 1 fully saturated rings. The molecule has 0 radical (unpaired) electrons. The fourth-order valence-corrected chi connectivity index (χ4v) is 5.73. The summed E-state index contributed by atoms with van der Waals surface area (Å²) in [7, 11) is -3.78. The molecule has 1 saturated heterocycles. The third kappa shape index (κ3) is 6.23. The van der Waals surface area contributed by atoms with Gasteiger partial charge in [-0.2, -0.15) is 13.1 Å². The minimum atomic E-state index is -3.78. The Labute approximate surface area is 203 Å². The summed E-state index contributed by atoms with van der Waals surface area (Å²) in [5, 5.41) is 2.51. The van der Waals surface area contributed by atoms with E-state index < -0.39 is 22.5 Å². The molecule has 35 heavy (non-hydrogen) atoms. The number of alkyl halides is 2. The summed E-state index contributed by atoms with van der Waals surface area (Å²) in [6.07, 6.45) is 2.44. The fourth-order valence-electron chi connectivity index (χ4n) is 4.21. The number of nitrogens with one attached hydrogen (secondary N) is 1. The number of piperidine rings is 1. The summed E-state index contributed by atoms with van der Waals surface area (Å²) in [5.74, 6) is -0.400. The molecular weight excluding hydrogens is 474 g/mol. The molecule has 1 amide bonds. The van der Waals surface area contributed by atoms with Gasteiger partial charge in [-0.15, -0.1) is 0 Å². The van der Waals surface area contributed by atoms with Crippen molar-refractivity contribution in [1.82, 2.24) is 4.31 Å². The summed E-state index contributed by atoms with van der Waals surface area (Å²) in [4.78, 5) is 12.8. The van der Waals surface area contributed by atoms with Crippen molar-refractivity contribution in [3.63, 3.8) is 0 Å². The number of anilines is 1. The van der Waals surface area contributed by atoms with Crippen LogP contribution in [0.25, 0.3) is 0 Å². The van der Waals surface area contributed by atoms with Gasteiger partial charge in [-0.25, -0.2) is 8.42 Å². The molecule has 0 unspecified atom stereocenters. The topological polar surface area (TPSA) is 75.7 Å². The maximum Gasteiger partial charge on any atom is 0.387 e. The van der Waals surface area contributed by atoms with E-state index in [4.69, 9.17) is 0 Å². The molecule has 1 aliphatic rings. The molecule has 1 N–H and O–H groups in total. The number of ether oxygens (including phenoxy) is 1. The average molecular weight is 501 g/mol. The Morgan fingerprint density at radius 1 is 0.971 bits per heavy atom. The zero-order valence-corrected chi connectivity index (χ0v) is 19.8. The van der Waals surface area contributed by atoms with Crippen molar-refractivity contribution in [2.24, 2.45) is 5.92 Å². The highest BCUT2D eigenvalue weighted by molar-refractivity contribution is 7.89. The van der Waals surface area contributed by atoms with Crippen molar-refractivity contribution in [1.29, 1.82) is 0 Å². The second-order valence-electron chi connectivity index (χ2n) is 8.39. The Kier molecular flexibility index (Phi) is 7.77. The smallest absolute Gasteiger partial charge is 0.387 e. The van der Waals surface area contributed by atoms with Crippen LogP contribution < -0.4 is 10.1 Å². The molecule has 4 rings (SSSR count). The Morgan fingerprint density at radius 3 is 2.37 bits per heavy atom. The quantitative estimate of drug-likeness (QED) is 0.462. The van der Waals surface area contributed by atoms with Crippen molar-refractivity contribution < 1.29 is 26.7 Å². The average Bonchev–Trinajstić information content (AvgIpc) is 2.86. The van der Waals surface area contributed by atoms with Crippen LogP contribution in [-0.4, -0.2) is 38.3 Å². The number of sulfonamides is 1. The molecule has 0 bridgehead atoms. The maximum absolute atomic E-state index is 13.3. The summed E-state index contributed by atoms with van der Waals surface area (Å²) in [6.45, 7) is -2.22. The summed E-state index contributed by atoms with van der Waals surface area (Å²) in [6, 6.07) is 21.7. The second-order valence-corrected chi connectivity index (χ2v) is 10.3. The van der Waals surface area contributed by atoms with Gasteiger partial charge in [-0.05, 0) is 61.1 Å². The number of benzene rings is 3. The number of hydrogen-bond acceptors (Lipinski definition) is 4. The highest BCUT2D eigenvalue weighted by atomic mass is 32.2. The molecular formula is C26H26F2N2O4S. The van der Waals surface area contributed by atoms with Gasteiger partial charge in [0.15, 0.2) is 0 Å². The highest BCUT2D eigenvalue weighted by Crippen LogP contribution is 2.28. The van der Waals surface area contributed by atoms with Crippen molar-refractivity contribution in [2.45, 2.75) is 30.8 Å². The van der Waals surface area contributed by atoms with Crippen LogP contribution in [0.15, 0.2) is 83.8 Å². The van der Waals surface area contributed by atoms with Crippen LogP contribution in [-0.2, 0) is 16.4 Å². The number of rotatable bonds is 8. The largest absolute Gasteiger partial charge is 0.433 e. The zero-order chi connectivity index (χ0) is 24.8. The lowest BCUT2D eigenvalue weighted by Crippen LogP contribution is -2.38. The van der Waals surface area contributed by atoms with Crippen LogP contribution in [0.3, 0.4) is 0 Å². The predicted octanol–water partition coefficient (Wildman–Crippen LogP) is 5.18. The van der Waals surface area contributed by atoms with Gasteiger partial charge < -0.3 is 10.1 Å². The van der Waals surface area contributed by atoms with Crippen LogP contribution in [0.2, 0.25) is 0 Å². The highest BCUT2D eigenvalue weighted by Gasteiger charge is 2.30. The molecule has 1 aliphatic heterocycles. The zero-order valence-electron chi connectivity index (χ0n) is 18.9. The number of carbonyl (C=O) groups is 1. The molecule has 3 aromatic carbocycles. The van der Waals surface area contributed by atoms with Crippen molar-refractivity contribution >= 4 is 21.6 Å². The van der Waals surface area contributed by atoms with Gasteiger partial charge in [-0.3, -0.25) is 4.79 Å². The summed E-state index contributed by atoms with van der Waals surface area (Å²) in [5.41, 5.74) is 1.40. The normalized spacial score (nSPS) is 15.2. The fraction of sp³-hybridized carbons (Fsp3) is 0.269. The molecule has 0 atom stereocenters. The van der Waals surface area contributed by atoms with E-state index in [9.17, 15) is 22.0 Å². The monoisotopic (exact) mass is 500 g/mol. The van der Waals surface area contributed by atoms with E-state index in [-0.39, 0.29) is 21.9 Å². The Morgan fingerprint density at radius 2 is 1.66 bits per heavy atom. The van der Waals surface area contributed by atoms with E-state index in [0.29, 0.717) is 19.0 Å². The number of halogens is 2. The van der Waals surface area contributed by atoms with Gasteiger partial charge in [0, 0.05) is 18.7 Å². The first-order valence-electron chi connectivity index (χ1n) is 11.3. The molecule has 0 aromatic heterocycles. The van der Waals surface area contributed by atoms with E-state index in [1.165, 1.54) is 52.3 Å². The van der Waals surface area contributed by atoms with Gasteiger partial charge in [0.25, 0.3) is 5.91 Å². The molecule has 0 spiro atoms. The van der Waals surface area contributed by atoms with E-state index in [0.717, 1.165) is 19.3 Å². The van der Waals surface area contributed by atoms with Crippen LogP contribution in [0.1, 0.15) is 28.8 Å². The first-order chi connectivity index (χ1) is 16.8. The van der Waals surface area contributed by atoms with E-state index in [1.54, 1.807) is 6.07 Å². The van der Waals surface area contributed by atoms with Crippen LogP contribution in [0.5, 0.6) is 5.75 Å². The summed E-state index contributed by atoms with van der Waals surface area (Å²) < 4.78 is 57.7. The molecule has 9 heteroatoms. The van der Waals surface area contributed by atoms with Crippen molar-refractivity contribution in [2.75, 3.05) is 18.4 Å². The lowest BCUT2D eigenvalue weighted by Gasteiger charge is -2.31. The number of carbonyl (C=O) groups excluding carboxylic acids is 1. The van der Waals surface area contributed by atoms with Gasteiger partial charge in [0.05, 0.1) is 10.6 Å². The lowest BCUT2D eigenvalue weighted by molar-refractivity contribution is -0.0493. The van der Waals surface area contributed by atoms with Gasteiger partial charge in [0.1, 0.15) is 5.75 Å². The number of hydrogen-bond donors (Lipinski definition) is 1. The van der Waals surface area contributed by atoms with Crippen LogP contribution in [0.4, 0.5) is 14.5 Å². The molecule has 3 aromatic rings. The van der Waals surface area contributed by atoms with Gasteiger partial charge >= 0.3 is 6.61 Å². The van der Waals surface area contributed by atoms with Crippen molar-refractivity contribution in [3.8, 4) is 5.75 Å². The molecule has 0 aliphatic carbocycles. The molecule has 1 heterocycles. The number of amides is 1. The SMILES string of the molecule is O=C(Nc1ccccc1OC(F)F)c1cccc(S(=O)(=O)N2CCC(Cc3ccccc3)CC2)c1. The third-order valence-corrected chi connectivity index (χ3v) is 7.92. The van der Waals surface area contributed by atoms with E-state index >= 15 is 0 Å².